The highest BCUT2D eigenvalue weighted by Gasteiger charge is 2.20. The standard InChI is InChI=1S/C20H26ClN3O4S/c1-4-7-9-14-18(16(22)8-5-2)23-19(24-20(14)25)15-12-13(29(21,26)27)10-11-17(15)28-6-3/h10-12,22H,4-9H2,1-3H3,(H,23,24,25). The molecule has 0 aliphatic rings. The Morgan fingerprint density at radius 1 is 1.24 bits per heavy atom. The van der Waals surface area contributed by atoms with Gasteiger partial charge in [0, 0.05) is 16.2 Å². The van der Waals surface area contributed by atoms with Crippen LogP contribution < -0.4 is 10.3 Å². The van der Waals surface area contributed by atoms with Crippen LogP contribution in [0.3, 0.4) is 0 Å². The van der Waals surface area contributed by atoms with Crippen molar-refractivity contribution in [1.29, 1.82) is 5.41 Å². The number of hydrogen-bond donors (Lipinski definition) is 2. The number of nitrogens with zero attached hydrogens (tertiary/aromatic N) is 1. The van der Waals surface area contributed by atoms with Gasteiger partial charge in [0.05, 0.1) is 28.5 Å². The minimum absolute atomic E-state index is 0.125. The summed E-state index contributed by atoms with van der Waals surface area (Å²) >= 11 is 0. The maximum Gasteiger partial charge on any atom is 0.261 e. The molecular weight excluding hydrogens is 414 g/mol. The summed E-state index contributed by atoms with van der Waals surface area (Å²) in [6.45, 7) is 6.12. The van der Waals surface area contributed by atoms with Crippen molar-refractivity contribution in [1.82, 2.24) is 9.97 Å². The van der Waals surface area contributed by atoms with E-state index in [1.54, 1.807) is 6.92 Å². The summed E-state index contributed by atoms with van der Waals surface area (Å²) in [5.41, 5.74) is 1.08. The lowest BCUT2D eigenvalue weighted by atomic mass is 10.0. The summed E-state index contributed by atoms with van der Waals surface area (Å²) in [5, 5.41) is 8.37. The van der Waals surface area contributed by atoms with Crippen LogP contribution in [0.5, 0.6) is 5.75 Å². The SMILES string of the molecule is CCCCc1c(C(=N)CCC)nc(-c2cc(S(=O)(=O)Cl)ccc2OCC)[nH]c1=O. The average molecular weight is 440 g/mol. The molecule has 158 valence electrons. The monoisotopic (exact) mass is 439 g/mol. The number of hydrogen-bond acceptors (Lipinski definition) is 6. The van der Waals surface area contributed by atoms with Crippen LogP contribution in [0.15, 0.2) is 27.9 Å². The van der Waals surface area contributed by atoms with E-state index in [9.17, 15) is 13.2 Å². The molecule has 0 aliphatic carbocycles. The lowest BCUT2D eigenvalue weighted by Gasteiger charge is -2.14. The minimum atomic E-state index is -3.98. The highest BCUT2D eigenvalue weighted by atomic mass is 35.7. The number of aromatic amines is 1. The molecule has 1 heterocycles. The molecule has 0 bridgehead atoms. The van der Waals surface area contributed by atoms with E-state index in [0.717, 1.165) is 19.3 Å². The van der Waals surface area contributed by atoms with Crippen LogP contribution in [0.2, 0.25) is 0 Å². The van der Waals surface area contributed by atoms with Crippen LogP contribution in [0, 0.1) is 5.41 Å². The van der Waals surface area contributed by atoms with Crippen molar-refractivity contribution in [2.45, 2.75) is 57.8 Å². The first-order valence-electron chi connectivity index (χ1n) is 9.65. The predicted molar refractivity (Wildman–Crippen MR) is 115 cm³/mol. The molecule has 9 heteroatoms. The lowest BCUT2D eigenvalue weighted by Crippen LogP contribution is -2.22. The van der Waals surface area contributed by atoms with Crippen molar-refractivity contribution >= 4 is 25.4 Å². The summed E-state index contributed by atoms with van der Waals surface area (Å²) < 4.78 is 29.2. The minimum Gasteiger partial charge on any atom is -0.493 e. The molecule has 1 aromatic carbocycles. The Balaban J connectivity index is 2.73. The van der Waals surface area contributed by atoms with E-state index >= 15 is 0 Å². The van der Waals surface area contributed by atoms with Gasteiger partial charge in [-0.3, -0.25) is 4.79 Å². The van der Waals surface area contributed by atoms with Gasteiger partial charge in [-0.15, -0.1) is 0 Å². The van der Waals surface area contributed by atoms with Crippen molar-refractivity contribution in [3.05, 3.63) is 39.8 Å². The van der Waals surface area contributed by atoms with Crippen LogP contribution >= 0.6 is 10.7 Å². The van der Waals surface area contributed by atoms with Crippen molar-refractivity contribution < 1.29 is 13.2 Å². The van der Waals surface area contributed by atoms with Gasteiger partial charge in [0.15, 0.2) is 0 Å². The second-order valence-electron chi connectivity index (χ2n) is 6.60. The molecule has 1 aromatic heterocycles. The van der Waals surface area contributed by atoms with Crippen molar-refractivity contribution in [3.8, 4) is 17.1 Å². The number of unbranched alkanes of at least 4 members (excludes halogenated alkanes) is 1. The van der Waals surface area contributed by atoms with Gasteiger partial charge in [0.25, 0.3) is 14.6 Å². The third kappa shape index (κ3) is 5.67. The van der Waals surface area contributed by atoms with Crippen molar-refractivity contribution in [2.24, 2.45) is 0 Å². The largest absolute Gasteiger partial charge is 0.493 e. The van der Waals surface area contributed by atoms with Gasteiger partial charge < -0.3 is 15.1 Å². The van der Waals surface area contributed by atoms with Gasteiger partial charge in [-0.25, -0.2) is 13.4 Å². The Bertz CT molecular complexity index is 1050. The molecule has 0 saturated carbocycles. The molecule has 2 rings (SSSR count). The van der Waals surface area contributed by atoms with E-state index < -0.39 is 9.05 Å². The van der Waals surface area contributed by atoms with Gasteiger partial charge in [-0.1, -0.05) is 26.7 Å². The molecule has 2 N–H and O–H groups in total. The first-order chi connectivity index (χ1) is 13.7. The zero-order valence-electron chi connectivity index (χ0n) is 16.8. The van der Waals surface area contributed by atoms with Crippen LogP contribution in [0.4, 0.5) is 0 Å². The predicted octanol–water partition coefficient (Wildman–Crippen LogP) is 4.27. The second kappa shape index (κ2) is 10.0. The van der Waals surface area contributed by atoms with Gasteiger partial charge in [0.2, 0.25) is 0 Å². The van der Waals surface area contributed by atoms with Crippen LogP contribution in [0.1, 0.15) is 57.7 Å². The topological polar surface area (TPSA) is 113 Å². The molecule has 29 heavy (non-hydrogen) atoms. The molecule has 0 saturated heterocycles. The maximum atomic E-state index is 12.8. The fourth-order valence-electron chi connectivity index (χ4n) is 2.96. The molecule has 0 amide bonds. The number of benzene rings is 1. The summed E-state index contributed by atoms with van der Waals surface area (Å²) in [6.07, 6.45) is 3.48. The van der Waals surface area contributed by atoms with Crippen LogP contribution in [0.25, 0.3) is 11.4 Å². The molecule has 0 fully saturated rings. The smallest absolute Gasteiger partial charge is 0.261 e. The Morgan fingerprint density at radius 3 is 2.55 bits per heavy atom. The summed E-state index contributed by atoms with van der Waals surface area (Å²) in [6, 6.07) is 4.14. The molecule has 0 unspecified atom stereocenters. The fraction of sp³-hybridized carbons (Fsp3) is 0.450. The highest BCUT2D eigenvalue weighted by Crippen LogP contribution is 2.31. The van der Waals surface area contributed by atoms with E-state index in [0.29, 0.717) is 42.0 Å². The number of rotatable bonds is 10. The quantitative estimate of drug-likeness (QED) is 0.423. The van der Waals surface area contributed by atoms with E-state index in [4.69, 9.17) is 20.8 Å². The lowest BCUT2D eigenvalue weighted by molar-refractivity contribution is 0.341. The van der Waals surface area contributed by atoms with Gasteiger partial charge in [-0.2, -0.15) is 0 Å². The van der Waals surface area contributed by atoms with Crippen LogP contribution in [-0.4, -0.2) is 30.7 Å². The molecule has 7 nitrogen and oxygen atoms in total. The molecule has 0 aliphatic heterocycles. The molecular formula is C20H26ClN3O4S. The summed E-state index contributed by atoms with van der Waals surface area (Å²) in [4.78, 5) is 20.0. The first kappa shape index (κ1) is 23.1. The Kier molecular flexibility index (Phi) is 7.98. The second-order valence-corrected chi connectivity index (χ2v) is 9.17. The van der Waals surface area contributed by atoms with Crippen molar-refractivity contribution in [3.63, 3.8) is 0 Å². The van der Waals surface area contributed by atoms with Crippen LogP contribution in [-0.2, 0) is 15.5 Å². The van der Waals surface area contributed by atoms with Gasteiger partial charge in [0.1, 0.15) is 11.6 Å². The fourth-order valence-corrected chi connectivity index (χ4v) is 3.73. The molecule has 0 spiro atoms. The van der Waals surface area contributed by atoms with Crippen molar-refractivity contribution in [2.75, 3.05) is 6.61 Å². The number of nitrogens with one attached hydrogen (secondary N) is 2. The van der Waals surface area contributed by atoms with E-state index in [1.165, 1.54) is 18.2 Å². The van der Waals surface area contributed by atoms with Gasteiger partial charge in [-0.05, 0) is 44.4 Å². The number of ether oxygens (including phenoxy) is 1. The molecule has 0 atom stereocenters. The number of H-pyrrole nitrogens is 1. The Hall–Kier alpha value is -2.19. The normalized spacial score (nSPS) is 11.4. The maximum absolute atomic E-state index is 12.8. The zero-order valence-corrected chi connectivity index (χ0v) is 18.4. The highest BCUT2D eigenvalue weighted by molar-refractivity contribution is 8.13. The third-order valence-electron chi connectivity index (χ3n) is 4.37. The zero-order chi connectivity index (χ0) is 21.6. The van der Waals surface area contributed by atoms with E-state index in [2.05, 4.69) is 9.97 Å². The Morgan fingerprint density at radius 2 is 1.97 bits per heavy atom. The Labute approximate surface area is 175 Å². The number of aromatic nitrogens is 2. The summed E-state index contributed by atoms with van der Waals surface area (Å²) in [5.74, 6) is 0.519. The summed E-state index contributed by atoms with van der Waals surface area (Å²) in [7, 11) is 1.51. The average Bonchev–Trinajstić information content (AvgIpc) is 2.66. The van der Waals surface area contributed by atoms with E-state index in [-0.39, 0.29) is 22.0 Å². The van der Waals surface area contributed by atoms with E-state index in [1.807, 2.05) is 13.8 Å². The van der Waals surface area contributed by atoms with Gasteiger partial charge >= 0.3 is 0 Å². The molecule has 2 aromatic rings. The number of halogens is 1. The first-order valence-corrected chi connectivity index (χ1v) is 12.0. The molecule has 0 radical (unpaired) electrons. The third-order valence-corrected chi connectivity index (χ3v) is 5.72.